The van der Waals surface area contributed by atoms with E-state index in [-0.39, 0.29) is 6.04 Å². The van der Waals surface area contributed by atoms with Gasteiger partial charge in [0, 0.05) is 54.5 Å². The van der Waals surface area contributed by atoms with E-state index in [0.29, 0.717) is 0 Å². The quantitative estimate of drug-likeness (QED) is 0.180. The molecule has 1 aliphatic carbocycles. The first-order valence-corrected chi connectivity index (χ1v) is 18.7. The SMILES string of the molecule is C1=CC(N(c2ccc3c(c2)oc2ccccc23)c2cc(-n3c4ccccc4c4ccccc43)cc3c2sc2ccccc23)CC=C1c1ccccc1. The lowest BCUT2D eigenvalue weighted by Crippen LogP contribution is -2.30. The minimum atomic E-state index is 0.0797. The zero-order chi connectivity index (χ0) is 34.2. The van der Waals surface area contributed by atoms with Crippen LogP contribution < -0.4 is 4.90 Å². The van der Waals surface area contributed by atoms with Crippen molar-refractivity contribution >= 4 is 92.2 Å². The van der Waals surface area contributed by atoms with E-state index >= 15 is 0 Å². The molecule has 52 heavy (non-hydrogen) atoms. The zero-order valence-electron chi connectivity index (χ0n) is 28.2. The highest BCUT2D eigenvalue weighted by Crippen LogP contribution is 2.47. The van der Waals surface area contributed by atoms with Crippen molar-refractivity contribution in [1.82, 2.24) is 4.57 Å². The molecule has 1 unspecified atom stereocenters. The van der Waals surface area contributed by atoms with Crippen LogP contribution in [0.1, 0.15) is 12.0 Å². The van der Waals surface area contributed by atoms with Crippen LogP contribution in [0.15, 0.2) is 180 Å². The summed E-state index contributed by atoms with van der Waals surface area (Å²) in [5.74, 6) is 0. The predicted molar refractivity (Wildman–Crippen MR) is 221 cm³/mol. The summed E-state index contributed by atoms with van der Waals surface area (Å²) >= 11 is 1.88. The molecule has 0 amide bonds. The molecule has 4 heteroatoms. The van der Waals surface area contributed by atoms with Gasteiger partial charge in [0.2, 0.25) is 0 Å². The molecule has 11 rings (SSSR count). The van der Waals surface area contributed by atoms with E-state index in [4.69, 9.17) is 4.42 Å². The van der Waals surface area contributed by atoms with Gasteiger partial charge in [0.1, 0.15) is 11.2 Å². The molecule has 0 aliphatic heterocycles. The molecule has 3 nitrogen and oxygen atoms in total. The molecule has 3 heterocycles. The second-order valence-corrected chi connectivity index (χ2v) is 14.7. The van der Waals surface area contributed by atoms with Crippen molar-refractivity contribution in [2.75, 3.05) is 4.90 Å². The van der Waals surface area contributed by atoms with Crippen LogP contribution in [0.2, 0.25) is 0 Å². The largest absolute Gasteiger partial charge is 0.456 e. The molecule has 246 valence electrons. The summed E-state index contributed by atoms with van der Waals surface area (Å²) in [6.45, 7) is 0. The van der Waals surface area contributed by atoms with Gasteiger partial charge >= 0.3 is 0 Å². The third-order valence-corrected chi connectivity index (χ3v) is 11.9. The summed E-state index contributed by atoms with van der Waals surface area (Å²) in [4.78, 5) is 2.55. The highest BCUT2D eigenvalue weighted by atomic mass is 32.1. The van der Waals surface area contributed by atoms with Crippen LogP contribution in [0, 0.1) is 0 Å². The molecule has 0 fully saturated rings. The van der Waals surface area contributed by atoms with Crippen LogP contribution >= 0.6 is 11.3 Å². The molecule has 1 aliphatic rings. The molecule has 0 radical (unpaired) electrons. The number of thiophene rings is 1. The second kappa shape index (κ2) is 11.6. The topological polar surface area (TPSA) is 21.3 Å². The molecule has 3 aromatic heterocycles. The number of hydrogen-bond donors (Lipinski definition) is 0. The van der Waals surface area contributed by atoms with Crippen molar-refractivity contribution in [2.24, 2.45) is 0 Å². The van der Waals surface area contributed by atoms with Gasteiger partial charge in [0.15, 0.2) is 0 Å². The Morgan fingerprint density at radius 1 is 0.577 bits per heavy atom. The van der Waals surface area contributed by atoms with Gasteiger partial charge in [0.25, 0.3) is 0 Å². The molecular formula is C48H32N2OS. The number of para-hydroxylation sites is 3. The molecule has 0 saturated heterocycles. The molecule has 0 saturated carbocycles. The molecule has 0 bridgehead atoms. The van der Waals surface area contributed by atoms with Crippen molar-refractivity contribution in [3.05, 3.63) is 182 Å². The minimum absolute atomic E-state index is 0.0797. The van der Waals surface area contributed by atoms with Crippen molar-refractivity contribution in [3.63, 3.8) is 0 Å². The first-order chi connectivity index (χ1) is 25.8. The lowest BCUT2D eigenvalue weighted by Gasteiger charge is -2.34. The average molecular weight is 685 g/mol. The Kier molecular flexibility index (Phi) is 6.55. The van der Waals surface area contributed by atoms with Crippen LogP contribution in [0.4, 0.5) is 11.4 Å². The number of furan rings is 1. The maximum Gasteiger partial charge on any atom is 0.137 e. The summed E-state index contributed by atoms with van der Waals surface area (Å²) in [5, 5.41) is 7.35. The van der Waals surface area contributed by atoms with Crippen molar-refractivity contribution in [1.29, 1.82) is 0 Å². The maximum atomic E-state index is 6.50. The van der Waals surface area contributed by atoms with Crippen LogP contribution in [0.25, 0.3) is 75.2 Å². The number of fused-ring (bicyclic) bond motifs is 9. The Hall–Kier alpha value is -6.36. The second-order valence-electron chi connectivity index (χ2n) is 13.6. The van der Waals surface area contributed by atoms with Gasteiger partial charge in [-0.15, -0.1) is 11.3 Å². The molecule has 0 N–H and O–H groups in total. The van der Waals surface area contributed by atoms with E-state index in [9.17, 15) is 0 Å². The Balaban J connectivity index is 1.19. The first-order valence-electron chi connectivity index (χ1n) is 17.9. The van der Waals surface area contributed by atoms with E-state index in [1.807, 2.05) is 17.4 Å². The van der Waals surface area contributed by atoms with Gasteiger partial charge in [-0.05, 0) is 66.1 Å². The highest BCUT2D eigenvalue weighted by Gasteiger charge is 2.26. The maximum absolute atomic E-state index is 6.50. The van der Waals surface area contributed by atoms with E-state index < -0.39 is 0 Å². The van der Waals surface area contributed by atoms with Gasteiger partial charge in [-0.1, -0.05) is 121 Å². The minimum Gasteiger partial charge on any atom is -0.456 e. The molecule has 1 atom stereocenters. The lowest BCUT2D eigenvalue weighted by atomic mass is 9.95. The summed E-state index contributed by atoms with van der Waals surface area (Å²) in [6, 6.07) is 57.1. The van der Waals surface area contributed by atoms with Gasteiger partial charge < -0.3 is 13.9 Å². The third kappa shape index (κ3) is 4.51. The van der Waals surface area contributed by atoms with Crippen molar-refractivity contribution in [2.45, 2.75) is 12.5 Å². The molecule has 10 aromatic rings. The Morgan fingerprint density at radius 3 is 2.02 bits per heavy atom. The van der Waals surface area contributed by atoms with Gasteiger partial charge in [-0.3, -0.25) is 0 Å². The average Bonchev–Trinajstić information content (AvgIpc) is 3.88. The number of benzene rings is 7. The fourth-order valence-electron chi connectivity index (χ4n) is 8.32. The fraction of sp³-hybridized carbons (Fsp3) is 0.0417. The van der Waals surface area contributed by atoms with Crippen LogP contribution in [0.5, 0.6) is 0 Å². The number of nitrogens with zero attached hydrogens (tertiary/aromatic N) is 2. The van der Waals surface area contributed by atoms with Gasteiger partial charge in [-0.2, -0.15) is 0 Å². The van der Waals surface area contributed by atoms with E-state index in [1.54, 1.807) is 0 Å². The fourth-order valence-corrected chi connectivity index (χ4v) is 9.52. The van der Waals surface area contributed by atoms with E-state index in [2.05, 4.69) is 179 Å². The number of allylic oxidation sites excluding steroid dienone is 2. The van der Waals surface area contributed by atoms with E-state index in [1.165, 1.54) is 58.8 Å². The number of anilines is 2. The number of aromatic nitrogens is 1. The number of rotatable bonds is 5. The van der Waals surface area contributed by atoms with E-state index in [0.717, 1.165) is 39.7 Å². The molecular weight excluding hydrogens is 653 g/mol. The predicted octanol–water partition coefficient (Wildman–Crippen LogP) is 13.6. The summed E-state index contributed by atoms with van der Waals surface area (Å²) < 4.78 is 11.5. The Morgan fingerprint density at radius 2 is 1.25 bits per heavy atom. The summed E-state index contributed by atoms with van der Waals surface area (Å²) in [5.41, 5.74) is 10.2. The Labute approximate surface area is 304 Å². The van der Waals surface area contributed by atoms with Crippen molar-refractivity contribution in [3.8, 4) is 5.69 Å². The lowest BCUT2D eigenvalue weighted by molar-refractivity contribution is 0.668. The van der Waals surface area contributed by atoms with Crippen LogP contribution in [0.3, 0.4) is 0 Å². The van der Waals surface area contributed by atoms with Crippen LogP contribution in [-0.4, -0.2) is 10.6 Å². The highest BCUT2D eigenvalue weighted by molar-refractivity contribution is 7.26. The zero-order valence-corrected chi connectivity index (χ0v) is 29.1. The summed E-state index contributed by atoms with van der Waals surface area (Å²) in [7, 11) is 0. The van der Waals surface area contributed by atoms with Crippen molar-refractivity contribution < 1.29 is 4.42 Å². The van der Waals surface area contributed by atoms with Gasteiger partial charge in [-0.25, -0.2) is 0 Å². The smallest absolute Gasteiger partial charge is 0.137 e. The first kappa shape index (κ1) is 29.4. The standard InChI is InChI=1S/C48H32N2OS/c1-2-12-31(13-3-1)32-22-24-33(25-23-32)49(34-26-27-39-38-16-6-10-20-45(38)51-46(39)30-34)44-29-35(28-41-40-17-7-11-21-47(40)52-48(41)44)50-42-18-8-4-14-36(42)37-15-5-9-19-43(37)50/h1-24,26-30,33H,25H2. The summed E-state index contributed by atoms with van der Waals surface area (Å²) in [6.07, 6.45) is 7.95. The monoisotopic (exact) mass is 684 g/mol. The molecule has 0 spiro atoms. The number of hydrogen-bond acceptors (Lipinski definition) is 3. The molecule has 7 aromatic carbocycles. The van der Waals surface area contributed by atoms with Gasteiger partial charge in [0.05, 0.1) is 27.5 Å². The van der Waals surface area contributed by atoms with Crippen LogP contribution in [-0.2, 0) is 0 Å². The third-order valence-electron chi connectivity index (χ3n) is 10.7. The normalized spacial score (nSPS) is 14.7. The Bertz CT molecular complexity index is 3010.